The summed E-state index contributed by atoms with van der Waals surface area (Å²) in [6.45, 7) is -2.39. The van der Waals surface area contributed by atoms with Crippen molar-refractivity contribution in [3.63, 3.8) is 0 Å². The molecule has 0 heterocycles. The molecule has 2 rings (SSSR count). The van der Waals surface area contributed by atoms with Gasteiger partial charge in [0.1, 0.15) is 17.4 Å². The van der Waals surface area contributed by atoms with Crippen LogP contribution in [-0.4, -0.2) is 26.2 Å². The number of rotatable bonds is 7. The van der Waals surface area contributed by atoms with Gasteiger partial charge in [0, 0.05) is 25.7 Å². The second-order valence-electron chi connectivity index (χ2n) is 5.32. The van der Waals surface area contributed by atoms with Crippen molar-refractivity contribution in [2.45, 2.75) is 19.6 Å². The van der Waals surface area contributed by atoms with Gasteiger partial charge >= 0.3 is 6.61 Å². The highest BCUT2D eigenvalue weighted by atomic mass is 127. The summed E-state index contributed by atoms with van der Waals surface area (Å²) in [5, 5.41) is 5.91. The third-order valence-electron chi connectivity index (χ3n) is 3.55. The highest BCUT2D eigenvalue weighted by Crippen LogP contribution is 2.19. The number of para-hydroxylation sites is 1. The lowest BCUT2D eigenvalue weighted by Crippen LogP contribution is -2.38. The summed E-state index contributed by atoms with van der Waals surface area (Å²) in [4.78, 5) is 4.00. The smallest absolute Gasteiger partial charge is 0.387 e. The van der Waals surface area contributed by atoms with Crippen LogP contribution in [0.2, 0.25) is 0 Å². The fraction of sp³-hybridized carbons (Fsp3) is 0.278. The summed E-state index contributed by atoms with van der Waals surface area (Å²) in [7, 11) is 1.54. The molecule has 0 spiro atoms. The first-order valence-electron chi connectivity index (χ1n) is 7.90. The van der Waals surface area contributed by atoms with E-state index in [0.29, 0.717) is 18.1 Å². The lowest BCUT2D eigenvalue weighted by Gasteiger charge is -2.14. The van der Waals surface area contributed by atoms with E-state index in [4.69, 9.17) is 0 Å². The molecule has 2 aromatic carbocycles. The van der Waals surface area contributed by atoms with Crippen LogP contribution in [0.4, 0.5) is 17.6 Å². The number of nitrogens with one attached hydrogen (secondary N) is 2. The van der Waals surface area contributed by atoms with Gasteiger partial charge in [0.15, 0.2) is 5.96 Å². The molecule has 0 fully saturated rings. The molecular weight excluding hydrogens is 477 g/mol. The predicted octanol–water partition coefficient (Wildman–Crippen LogP) is 4.09. The topological polar surface area (TPSA) is 45.7 Å². The summed E-state index contributed by atoms with van der Waals surface area (Å²) in [6, 6.07) is 9.70. The van der Waals surface area contributed by atoms with Crippen LogP contribution in [0.25, 0.3) is 0 Å². The van der Waals surface area contributed by atoms with E-state index in [2.05, 4.69) is 20.4 Å². The van der Waals surface area contributed by atoms with Crippen LogP contribution in [0, 0.1) is 11.6 Å². The molecule has 4 nitrogen and oxygen atoms in total. The number of benzene rings is 2. The van der Waals surface area contributed by atoms with Crippen molar-refractivity contribution in [2.24, 2.45) is 4.99 Å². The average Bonchev–Trinajstić information content (AvgIpc) is 2.61. The summed E-state index contributed by atoms with van der Waals surface area (Å²) >= 11 is 0. The van der Waals surface area contributed by atoms with Crippen molar-refractivity contribution >= 4 is 29.9 Å². The molecule has 148 valence electrons. The maximum atomic E-state index is 13.6. The van der Waals surface area contributed by atoms with Gasteiger partial charge in [-0.2, -0.15) is 8.78 Å². The normalized spacial score (nSPS) is 11.1. The maximum Gasteiger partial charge on any atom is 0.387 e. The SMILES string of the molecule is CN=C(NCCc1cc(F)ccc1F)NCc1ccccc1OC(F)F.I. The molecular formula is C18H20F4IN3O. The first kappa shape index (κ1) is 23.0. The standard InChI is InChI=1S/C18H19F4N3O.HI/c1-23-18(24-9-8-12-10-14(19)6-7-15(12)20)25-11-13-4-2-3-5-16(13)26-17(21)22;/h2-7,10,17H,8-9,11H2,1H3,(H2,23,24,25);1H. The molecule has 0 aliphatic rings. The quantitative estimate of drug-likeness (QED) is 0.262. The van der Waals surface area contributed by atoms with Gasteiger partial charge in [-0.05, 0) is 36.2 Å². The monoisotopic (exact) mass is 497 g/mol. The van der Waals surface area contributed by atoms with Crippen LogP contribution in [-0.2, 0) is 13.0 Å². The lowest BCUT2D eigenvalue weighted by atomic mass is 10.1. The number of ether oxygens (including phenoxy) is 1. The molecule has 0 bridgehead atoms. The van der Waals surface area contributed by atoms with Gasteiger partial charge < -0.3 is 15.4 Å². The summed E-state index contributed by atoms with van der Waals surface area (Å²) in [5.74, 6) is -0.505. The Kier molecular flexibility index (Phi) is 9.90. The van der Waals surface area contributed by atoms with Crippen LogP contribution < -0.4 is 15.4 Å². The van der Waals surface area contributed by atoms with Crippen LogP contribution in [0.1, 0.15) is 11.1 Å². The van der Waals surface area contributed by atoms with Crippen molar-refractivity contribution in [1.29, 1.82) is 0 Å². The zero-order valence-electron chi connectivity index (χ0n) is 14.5. The lowest BCUT2D eigenvalue weighted by molar-refractivity contribution is -0.0504. The van der Waals surface area contributed by atoms with Crippen molar-refractivity contribution in [3.05, 3.63) is 65.2 Å². The van der Waals surface area contributed by atoms with Crippen LogP contribution in [0.5, 0.6) is 5.75 Å². The molecule has 0 aliphatic carbocycles. The predicted molar refractivity (Wildman–Crippen MR) is 107 cm³/mol. The molecule has 0 radical (unpaired) electrons. The third kappa shape index (κ3) is 7.61. The van der Waals surface area contributed by atoms with E-state index in [1.54, 1.807) is 25.2 Å². The summed E-state index contributed by atoms with van der Waals surface area (Å²) < 4.78 is 56.0. The molecule has 0 unspecified atom stereocenters. The van der Waals surface area contributed by atoms with Crippen LogP contribution in [0.3, 0.4) is 0 Å². The van der Waals surface area contributed by atoms with Gasteiger partial charge in [0.2, 0.25) is 0 Å². The largest absolute Gasteiger partial charge is 0.434 e. The highest BCUT2D eigenvalue weighted by Gasteiger charge is 2.10. The van der Waals surface area contributed by atoms with Gasteiger partial charge in [-0.1, -0.05) is 18.2 Å². The fourth-order valence-corrected chi connectivity index (χ4v) is 2.31. The van der Waals surface area contributed by atoms with Gasteiger partial charge in [-0.25, -0.2) is 8.78 Å². The third-order valence-corrected chi connectivity index (χ3v) is 3.55. The summed E-state index contributed by atoms with van der Waals surface area (Å²) in [5.41, 5.74) is 0.788. The number of guanidine groups is 1. The Morgan fingerprint density at radius 3 is 2.52 bits per heavy atom. The van der Waals surface area contributed by atoms with Crippen molar-refractivity contribution in [2.75, 3.05) is 13.6 Å². The van der Waals surface area contributed by atoms with E-state index in [-0.39, 0.29) is 48.3 Å². The Labute approximate surface area is 172 Å². The maximum absolute atomic E-state index is 13.6. The van der Waals surface area contributed by atoms with Crippen molar-refractivity contribution in [3.8, 4) is 5.75 Å². The molecule has 0 aliphatic heterocycles. The van der Waals surface area contributed by atoms with E-state index in [1.165, 1.54) is 6.07 Å². The second kappa shape index (κ2) is 11.6. The zero-order chi connectivity index (χ0) is 18.9. The number of aliphatic imine (C=N–C) groups is 1. The molecule has 0 aromatic heterocycles. The van der Waals surface area contributed by atoms with Gasteiger partial charge in [0.05, 0.1) is 0 Å². The number of halogens is 5. The van der Waals surface area contributed by atoms with E-state index < -0.39 is 18.2 Å². The number of hydrogen-bond donors (Lipinski definition) is 2. The van der Waals surface area contributed by atoms with Crippen LogP contribution >= 0.6 is 24.0 Å². The minimum atomic E-state index is -2.91. The molecule has 0 saturated carbocycles. The van der Waals surface area contributed by atoms with E-state index in [9.17, 15) is 17.6 Å². The van der Waals surface area contributed by atoms with E-state index in [1.807, 2.05) is 0 Å². The van der Waals surface area contributed by atoms with Gasteiger partial charge in [-0.15, -0.1) is 24.0 Å². The first-order chi connectivity index (χ1) is 12.5. The Bertz CT molecular complexity index is 759. The number of alkyl halides is 2. The number of nitrogens with zero attached hydrogens (tertiary/aromatic N) is 1. The molecule has 27 heavy (non-hydrogen) atoms. The van der Waals surface area contributed by atoms with Crippen molar-refractivity contribution < 1.29 is 22.3 Å². The first-order valence-corrected chi connectivity index (χ1v) is 7.90. The Balaban J connectivity index is 0.00000364. The molecule has 9 heteroatoms. The molecule has 2 aromatic rings. The van der Waals surface area contributed by atoms with Crippen molar-refractivity contribution in [1.82, 2.24) is 10.6 Å². The Morgan fingerprint density at radius 2 is 1.81 bits per heavy atom. The molecule has 0 saturated heterocycles. The molecule has 0 atom stereocenters. The Hall–Kier alpha value is -2.04. The average molecular weight is 497 g/mol. The minimum Gasteiger partial charge on any atom is -0.434 e. The van der Waals surface area contributed by atoms with Gasteiger partial charge in [-0.3, -0.25) is 4.99 Å². The van der Waals surface area contributed by atoms with E-state index in [0.717, 1.165) is 18.2 Å². The Morgan fingerprint density at radius 1 is 1.07 bits per heavy atom. The summed E-state index contributed by atoms with van der Waals surface area (Å²) in [6.07, 6.45) is 0.259. The zero-order valence-corrected chi connectivity index (χ0v) is 16.8. The van der Waals surface area contributed by atoms with Crippen LogP contribution in [0.15, 0.2) is 47.5 Å². The molecule has 2 N–H and O–H groups in total. The fourth-order valence-electron chi connectivity index (χ4n) is 2.31. The van der Waals surface area contributed by atoms with Gasteiger partial charge in [0.25, 0.3) is 0 Å². The highest BCUT2D eigenvalue weighted by molar-refractivity contribution is 14.0. The number of hydrogen-bond acceptors (Lipinski definition) is 2. The minimum absolute atomic E-state index is 0. The van der Waals surface area contributed by atoms with E-state index >= 15 is 0 Å². The molecule has 0 amide bonds. The second-order valence-corrected chi connectivity index (χ2v) is 5.32.